The summed E-state index contributed by atoms with van der Waals surface area (Å²) in [6.07, 6.45) is -3.57. The number of urea groups is 1. The monoisotopic (exact) mass is 632 g/mol. The molecular weight excluding hydrogens is 602 g/mol. The molecule has 0 saturated carbocycles. The van der Waals surface area contributed by atoms with Gasteiger partial charge in [-0.2, -0.15) is 13.2 Å². The normalized spacial score (nSPS) is 18.1. The number of imide groups is 1. The number of carbonyl (C=O) groups is 2. The van der Waals surface area contributed by atoms with Crippen LogP contribution in [-0.2, 0) is 6.18 Å². The Morgan fingerprint density at radius 2 is 1.57 bits per heavy atom. The number of piperazine rings is 1. The molecule has 1 aromatic heterocycles. The Hall–Kier alpha value is -5.14. The van der Waals surface area contributed by atoms with Crippen LogP contribution in [0.15, 0.2) is 90.2 Å². The van der Waals surface area contributed by atoms with Crippen molar-refractivity contribution >= 4 is 40.5 Å². The number of hydrogen-bond donors (Lipinski definition) is 2. The van der Waals surface area contributed by atoms with Crippen molar-refractivity contribution in [1.82, 2.24) is 19.8 Å². The number of alkyl halides is 3. The van der Waals surface area contributed by atoms with E-state index in [1.165, 1.54) is 6.20 Å². The van der Waals surface area contributed by atoms with E-state index in [9.17, 15) is 27.2 Å². The molecule has 13 heteroatoms. The lowest BCUT2D eigenvalue weighted by Crippen LogP contribution is -2.46. The molecule has 0 bridgehead atoms. The van der Waals surface area contributed by atoms with Gasteiger partial charge in [-0.15, -0.1) is 4.59 Å². The molecule has 1 atom stereocenters. The van der Waals surface area contributed by atoms with E-state index in [4.69, 9.17) is 10.1 Å². The van der Waals surface area contributed by atoms with Gasteiger partial charge in [-0.1, -0.05) is 53.6 Å². The standard InChI is InChI=1S/C33H29F4N7O2/c1-42-15-17-43(18-16-42)29-24(31(45)40-32(46)39-22-13-14-26(34)25(19-22)33(35,36)37)20-38-30-27(29)28(21-9-5-3-6-10-21)41-44(30,2)23-11-7-4-8-12-23/h3-14,19-20H,15-18H2,1-2H3,(H-,39,40,45,46)/p+1. The maximum atomic E-state index is 13.8. The summed E-state index contributed by atoms with van der Waals surface area (Å²) in [6, 6.07) is 20.1. The molecule has 1 saturated heterocycles. The van der Waals surface area contributed by atoms with Crippen LogP contribution in [0.1, 0.15) is 27.0 Å². The van der Waals surface area contributed by atoms with Crippen molar-refractivity contribution < 1.29 is 27.2 Å². The van der Waals surface area contributed by atoms with Crippen LogP contribution in [0.25, 0.3) is 0 Å². The van der Waals surface area contributed by atoms with Gasteiger partial charge in [0.05, 0.1) is 16.8 Å². The molecule has 6 rings (SSSR count). The third kappa shape index (κ3) is 5.82. The Balaban J connectivity index is 1.43. The number of hydrogen-bond acceptors (Lipinski definition) is 6. The van der Waals surface area contributed by atoms with Crippen LogP contribution in [0.4, 0.5) is 45.2 Å². The average Bonchev–Trinajstić information content (AvgIpc) is 3.36. The number of likely N-dealkylation sites (N-methyl/N-ethyl adjacent to an activating group) is 1. The van der Waals surface area contributed by atoms with E-state index >= 15 is 0 Å². The summed E-state index contributed by atoms with van der Waals surface area (Å²) < 4.78 is 53.4. The van der Waals surface area contributed by atoms with Gasteiger partial charge in [0.2, 0.25) is 0 Å². The van der Waals surface area contributed by atoms with Crippen LogP contribution in [0.3, 0.4) is 0 Å². The van der Waals surface area contributed by atoms with Crippen molar-refractivity contribution in [2.45, 2.75) is 6.18 Å². The summed E-state index contributed by atoms with van der Waals surface area (Å²) in [5, 5.41) is 9.59. The molecule has 0 radical (unpaired) electrons. The number of para-hydroxylation sites is 1. The van der Waals surface area contributed by atoms with Crippen molar-refractivity contribution in [3.8, 4) is 0 Å². The van der Waals surface area contributed by atoms with Crippen LogP contribution in [0.5, 0.6) is 0 Å². The van der Waals surface area contributed by atoms with Crippen LogP contribution in [-0.4, -0.2) is 67.8 Å². The smallest absolute Gasteiger partial charge is 0.367 e. The molecule has 0 spiro atoms. The number of nitrogens with one attached hydrogen (secondary N) is 2. The topological polar surface area (TPSA) is 89.9 Å². The molecule has 2 aliphatic rings. The van der Waals surface area contributed by atoms with Crippen molar-refractivity contribution in [3.63, 3.8) is 0 Å². The van der Waals surface area contributed by atoms with E-state index in [1.54, 1.807) is 0 Å². The first kappa shape index (κ1) is 30.9. The Labute approximate surface area is 262 Å². The molecule has 46 heavy (non-hydrogen) atoms. The number of amides is 3. The first-order valence-electron chi connectivity index (χ1n) is 14.5. The molecule has 236 valence electrons. The number of rotatable bonds is 5. The first-order valence-corrected chi connectivity index (χ1v) is 14.5. The zero-order chi connectivity index (χ0) is 32.6. The number of fused-ring (bicyclic) bond motifs is 1. The maximum absolute atomic E-state index is 13.8. The summed E-state index contributed by atoms with van der Waals surface area (Å²) in [4.78, 5) is 35.7. The van der Waals surface area contributed by atoms with Crippen molar-refractivity contribution in [3.05, 3.63) is 113 Å². The summed E-state index contributed by atoms with van der Waals surface area (Å²) in [7, 11) is 3.92. The molecular formula is C33H30F4N7O2+. The Kier molecular flexibility index (Phi) is 8.04. The number of quaternary nitrogens is 1. The predicted octanol–water partition coefficient (Wildman–Crippen LogP) is 5.99. The molecule has 3 aromatic carbocycles. The second-order valence-corrected chi connectivity index (χ2v) is 11.2. The molecule has 9 nitrogen and oxygen atoms in total. The zero-order valence-electron chi connectivity index (χ0n) is 25.0. The number of anilines is 2. The van der Waals surface area contributed by atoms with Crippen LogP contribution in [0, 0.1) is 5.82 Å². The highest BCUT2D eigenvalue weighted by molar-refractivity contribution is 6.23. The molecule has 1 fully saturated rings. The van der Waals surface area contributed by atoms with E-state index in [0.717, 1.165) is 17.3 Å². The zero-order valence-corrected chi connectivity index (χ0v) is 25.0. The van der Waals surface area contributed by atoms with E-state index < -0.39 is 29.5 Å². The highest BCUT2D eigenvalue weighted by Crippen LogP contribution is 2.46. The number of pyridine rings is 1. The average molecular weight is 633 g/mol. The number of benzene rings is 3. The summed E-state index contributed by atoms with van der Waals surface area (Å²) in [5.41, 5.74) is 1.69. The highest BCUT2D eigenvalue weighted by atomic mass is 19.4. The van der Waals surface area contributed by atoms with Gasteiger partial charge in [-0.25, -0.2) is 14.2 Å². The lowest BCUT2D eigenvalue weighted by atomic mass is 9.98. The fourth-order valence-electron chi connectivity index (χ4n) is 5.71. The Morgan fingerprint density at radius 1 is 0.913 bits per heavy atom. The van der Waals surface area contributed by atoms with Gasteiger partial charge in [0.15, 0.2) is 5.69 Å². The lowest BCUT2D eigenvalue weighted by Gasteiger charge is -2.36. The second-order valence-electron chi connectivity index (χ2n) is 11.2. The van der Waals surface area contributed by atoms with Gasteiger partial charge in [0.1, 0.15) is 24.1 Å². The molecule has 3 heterocycles. The van der Waals surface area contributed by atoms with E-state index in [2.05, 4.69) is 20.4 Å². The SMILES string of the molecule is CN1CCN(c2c(C(=O)NC(=O)Nc3ccc(F)c(C(F)(F)F)c3)cnc3c2C(c2ccccc2)=N[N+]3(C)c2ccccc2)CC1. The number of halogens is 4. The van der Waals surface area contributed by atoms with Crippen LogP contribution >= 0.6 is 0 Å². The van der Waals surface area contributed by atoms with Gasteiger partial charge in [0, 0.05) is 55.8 Å². The summed E-state index contributed by atoms with van der Waals surface area (Å²) in [5.74, 6) is -1.70. The maximum Gasteiger partial charge on any atom is 0.419 e. The molecule has 4 aromatic rings. The number of carbonyl (C=O) groups excluding carboxylic acids is 2. The largest absolute Gasteiger partial charge is 0.419 e. The lowest BCUT2D eigenvalue weighted by molar-refractivity contribution is -0.139. The first-order chi connectivity index (χ1) is 22.0. The number of nitrogens with zero attached hydrogens (tertiary/aromatic N) is 5. The highest BCUT2D eigenvalue weighted by Gasteiger charge is 2.45. The van der Waals surface area contributed by atoms with E-state index in [1.807, 2.05) is 74.8 Å². The Morgan fingerprint density at radius 3 is 2.22 bits per heavy atom. The minimum Gasteiger partial charge on any atom is -0.367 e. The second kappa shape index (κ2) is 12.0. The van der Waals surface area contributed by atoms with Crippen molar-refractivity contribution in [2.75, 3.05) is 50.5 Å². The van der Waals surface area contributed by atoms with Gasteiger partial charge < -0.3 is 15.1 Å². The minimum atomic E-state index is -4.97. The predicted molar refractivity (Wildman–Crippen MR) is 168 cm³/mol. The van der Waals surface area contributed by atoms with Crippen molar-refractivity contribution in [1.29, 1.82) is 0 Å². The molecule has 2 N–H and O–H groups in total. The van der Waals surface area contributed by atoms with E-state index in [0.29, 0.717) is 61.1 Å². The Bertz CT molecular complexity index is 1830. The fraction of sp³-hybridized carbons (Fsp3) is 0.212. The van der Waals surface area contributed by atoms with Gasteiger partial charge in [-0.05, 0) is 25.2 Å². The van der Waals surface area contributed by atoms with Crippen LogP contribution in [0.2, 0.25) is 0 Å². The minimum absolute atomic E-state index is 0.0182. The fourth-order valence-corrected chi connectivity index (χ4v) is 5.71. The quantitative estimate of drug-likeness (QED) is 0.209. The van der Waals surface area contributed by atoms with Crippen molar-refractivity contribution in [2.24, 2.45) is 5.10 Å². The summed E-state index contributed by atoms with van der Waals surface area (Å²) >= 11 is 0. The molecule has 1 unspecified atom stereocenters. The molecule has 2 aliphatic heterocycles. The third-order valence-corrected chi connectivity index (χ3v) is 8.11. The summed E-state index contributed by atoms with van der Waals surface area (Å²) in [6.45, 7) is 2.58. The number of aromatic nitrogens is 1. The van der Waals surface area contributed by atoms with Gasteiger partial charge in [-0.3, -0.25) is 10.1 Å². The van der Waals surface area contributed by atoms with Gasteiger partial charge >= 0.3 is 12.2 Å². The van der Waals surface area contributed by atoms with Crippen LogP contribution < -0.4 is 20.1 Å². The molecule has 0 aliphatic carbocycles. The van der Waals surface area contributed by atoms with E-state index in [-0.39, 0.29) is 15.8 Å². The van der Waals surface area contributed by atoms with Gasteiger partial charge in [0.25, 0.3) is 11.7 Å². The third-order valence-electron chi connectivity index (χ3n) is 8.11. The molecule has 3 amide bonds.